The molecule has 0 unspecified atom stereocenters. The lowest BCUT2D eigenvalue weighted by Gasteiger charge is -1.99. The number of carbonyl (C=O) groups is 2. The highest BCUT2D eigenvalue weighted by molar-refractivity contribution is 5.99. The average molecular weight is 201 g/mol. The molecule has 0 amide bonds. The quantitative estimate of drug-likeness (QED) is 0.258. The van der Waals surface area contributed by atoms with E-state index in [2.05, 4.69) is 5.32 Å². The van der Waals surface area contributed by atoms with Crippen molar-refractivity contribution in [2.45, 2.75) is 0 Å². The molecule has 4 nitrogen and oxygen atoms in total. The van der Waals surface area contributed by atoms with Gasteiger partial charge in [-0.1, -0.05) is 0 Å². The summed E-state index contributed by atoms with van der Waals surface area (Å²) >= 11 is 0. The van der Waals surface area contributed by atoms with E-state index in [0.29, 0.717) is 6.29 Å². The third kappa shape index (κ3) is 5.21. The van der Waals surface area contributed by atoms with E-state index in [4.69, 9.17) is 5.11 Å². The summed E-state index contributed by atoms with van der Waals surface area (Å²) in [6.45, 7) is -1.13. The minimum absolute atomic E-state index is 0.0805. The number of Topliss-reactive ketones (excluding diaryl/α,β-unsaturated/α-hetero) is 1. The molecule has 5 heteroatoms. The summed E-state index contributed by atoms with van der Waals surface area (Å²) in [7, 11) is 0. The molecule has 0 bridgehead atoms. The maximum atomic E-state index is 11.7. The van der Waals surface area contributed by atoms with Crippen molar-refractivity contribution in [1.82, 2.24) is 5.32 Å². The summed E-state index contributed by atoms with van der Waals surface area (Å²) in [5.74, 6) is -0.533. The van der Waals surface area contributed by atoms with E-state index in [0.717, 1.165) is 6.08 Å². The molecule has 0 saturated carbocycles. The first-order valence-electron chi connectivity index (χ1n) is 4.01. The van der Waals surface area contributed by atoms with E-state index in [1.807, 2.05) is 0 Å². The number of nitrogens with one attached hydrogen (secondary N) is 1. The molecule has 14 heavy (non-hydrogen) atoms. The second kappa shape index (κ2) is 8.12. The van der Waals surface area contributed by atoms with Crippen molar-refractivity contribution >= 4 is 12.1 Å². The van der Waals surface area contributed by atoms with Crippen LogP contribution in [0.3, 0.4) is 0 Å². The van der Waals surface area contributed by atoms with Crippen molar-refractivity contribution in [1.29, 1.82) is 0 Å². The number of aliphatic hydroxyl groups is 1. The Balaban J connectivity index is 4.37. The monoisotopic (exact) mass is 201 g/mol. The number of hydrogen-bond donors (Lipinski definition) is 2. The number of aldehydes is 1. The number of rotatable bonds is 7. The fourth-order valence-corrected chi connectivity index (χ4v) is 0.692. The number of hydrogen-bond acceptors (Lipinski definition) is 4. The molecule has 0 aliphatic rings. The third-order valence-electron chi connectivity index (χ3n) is 1.32. The molecule has 78 valence electrons. The summed E-state index contributed by atoms with van der Waals surface area (Å²) in [6, 6.07) is 0. The van der Waals surface area contributed by atoms with Crippen molar-refractivity contribution in [2.24, 2.45) is 0 Å². The van der Waals surface area contributed by atoms with Crippen LogP contribution in [0.4, 0.5) is 4.39 Å². The van der Waals surface area contributed by atoms with Crippen LogP contribution in [0.2, 0.25) is 0 Å². The highest BCUT2D eigenvalue weighted by Crippen LogP contribution is 1.96. The predicted molar refractivity (Wildman–Crippen MR) is 49.4 cm³/mol. The lowest BCUT2D eigenvalue weighted by molar-refractivity contribution is -0.117. The van der Waals surface area contributed by atoms with Crippen LogP contribution in [0, 0.1) is 0 Å². The van der Waals surface area contributed by atoms with Crippen LogP contribution in [0.15, 0.2) is 23.9 Å². The van der Waals surface area contributed by atoms with Gasteiger partial charge in [0.2, 0.25) is 0 Å². The number of carbonyl (C=O) groups excluding carboxylic acids is 2. The van der Waals surface area contributed by atoms with E-state index in [1.54, 1.807) is 0 Å². The molecule has 0 radical (unpaired) electrons. The third-order valence-corrected chi connectivity index (χ3v) is 1.32. The van der Waals surface area contributed by atoms with Gasteiger partial charge in [0.25, 0.3) is 0 Å². The van der Waals surface area contributed by atoms with E-state index in [9.17, 15) is 14.0 Å². The van der Waals surface area contributed by atoms with Gasteiger partial charge in [-0.3, -0.25) is 9.59 Å². The molecule has 0 aliphatic heterocycles. The molecule has 0 saturated heterocycles. The summed E-state index contributed by atoms with van der Waals surface area (Å²) in [5.41, 5.74) is 0.132. The Bertz CT molecular complexity index is 248. The van der Waals surface area contributed by atoms with Gasteiger partial charge in [0.15, 0.2) is 5.78 Å². The zero-order valence-electron chi connectivity index (χ0n) is 7.57. The van der Waals surface area contributed by atoms with Crippen LogP contribution in [0.1, 0.15) is 0 Å². The second-order valence-electron chi connectivity index (χ2n) is 2.32. The summed E-state index contributed by atoms with van der Waals surface area (Å²) in [6.07, 6.45) is 4.14. The van der Waals surface area contributed by atoms with Crippen molar-refractivity contribution < 1.29 is 19.1 Å². The lowest BCUT2D eigenvalue weighted by Crippen LogP contribution is -2.14. The molecule has 0 aliphatic carbocycles. The van der Waals surface area contributed by atoms with E-state index in [1.165, 1.54) is 12.3 Å². The van der Waals surface area contributed by atoms with Crippen LogP contribution in [0.5, 0.6) is 0 Å². The van der Waals surface area contributed by atoms with Crippen LogP contribution in [-0.2, 0) is 9.59 Å². The lowest BCUT2D eigenvalue weighted by atomic mass is 10.2. The second-order valence-corrected chi connectivity index (χ2v) is 2.32. The van der Waals surface area contributed by atoms with Crippen molar-refractivity contribution in [2.75, 3.05) is 19.8 Å². The van der Waals surface area contributed by atoms with Crippen LogP contribution in [0.25, 0.3) is 0 Å². The predicted octanol–water partition coefficient (Wildman–Crippen LogP) is -0.254. The molecule has 0 atom stereocenters. The number of allylic oxidation sites excluding steroid dienone is 2. The van der Waals surface area contributed by atoms with Gasteiger partial charge in [-0.2, -0.15) is 0 Å². The molecular weight excluding hydrogens is 189 g/mol. The summed E-state index contributed by atoms with van der Waals surface area (Å²) in [5, 5.41) is 11.1. The Morgan fingerprint density at radius 3 is 2.71 bits per heavy atom. The fourth-order valence-electron chi connectivity index (χ4n) is 0.692. The number of ketones is 1. The molecule has 0 spiro atoms. The first kappa shape index (κ1) is 12.5. The molecule has 0 aromatic heterocycles. The van der Waals surface area contributed by atoms with Gasteiger partial charge in [-0.25, -0.2) is 4.39 Å². The minimum atomic E-state index is -0.646. The van der Waals surface area contributed by atoms with Gasteiger partial charge < -0.3 is 10.4 Å². The Hall–Kier alpha value is -1.49. The van der Waals surface area contributed by atoms with Gasteiger partial charge in [0, 0.05) is 18.3 Å². The number of alkyl halides is 1. The zero-order chi connectivity index (χ0) is 10.8. The Morgan fingerprint density at radius 1 is 1.50 bits per heavy atom. The minimum Gasteiger partial charge on any atom is -0.388 e. The molecule has 0 aromatic carbocycles. The first-order chi connectivity index (χ1) is 6.76. The first-order valence-corrected chi connectivity index (χ1v) is 4.01. The summed E-state index contributed by atoms with van der Waals surface area (Å²) in [4.78, 5) is 21.0. The molecule has 2 N–H and O–H groups in total. The number of aliphatic hydroxyl groups excluding tert-OH is 1. The van der Waals surface area contributed by atoms with Crippen LogP contribution >= 0.6 is 0 Å². The van der Waals surface area contributed by atoms with Gasteiger partial charge in [0.05, 0.1) is 0 Å². The highest BCUT2D eigenvalue weighted by atomic mass is 19.1. The van der Waals surface area contributed by atoms with Gasteiger partial charge >= 0.3 is 0 Å². The average Bonchev–Trinajstić information content (AvgIpc) is 2.22. The van der Waals surface area contributed by atoms with Crippen LogP contribution < -0.4 is 5.32 Å². The number of halogens is 1. The SMILES string of the molecule is O=CC=CC(=CNCCF)C(=O)CO. The molecular formula is C9H12FNO3. The molecule has 0 rings (SSSR count). The van der Waals surface area contributed by atoms with Gasteiger partial charge in [-0.15, -0.1) is 0 Å². The molecule has 0 aromatic rings. The Kier molecular flexibility index (Phi) is 7.26. The van der Waals surface area contributed by atoms with E-state index < -0.39 is 19.1 Å². The smallest absolute Gasteiger partial charge is 0.189 e. The van der Waals surface area contributed by atoms with E-state index >= 15 is 0 Å². The van der Waals surface area contributed by atoms with Gasteiger partial charge in [-0.05, 0) is 12.2 Å². The van der Waals surface area contributed by atoms with Crippen molar-refractivity contribution in [3.63, 3.8) is 0 Å². The summed E-state index contributed by atoms with van der Waals surface area (Å²) < 4.78 is 11.7. The molecule has 0 fully saturated rings. The van der Waals surface area contributed by atoms with Crippen molar-refractivity contribution in [3.05, 3.63) is 23.9 Å². The largest absolute Gasteiger partial charge is 0.388 e. The normalized spacial score (nSPS) is 11.7. The fraction of sp³-hybridized carbons (Fsp3) is 0.333. The van der Waals surface area contributed by atoms with Gasteiger partial charge in [0.1, 0.15) is 19.6 Å². The highest BCUT2D eigenvalue weighted by Gasteiger charge is 2.03. The standard InChI is InChI=1S/C9H12FNO3/c10-3-4-11-6-8(2-1-5-12)9(14)7-13/h1-2,5-6,11,13H,3-4,7H2. The maximum absolute atomic E-state index is 11.7. The van der Waals surface area contributed by atoms with E-state index in [-0.39, 0.29) is 12.1 Å². The Labute approximate surface area is 81.1 Å². The maximum Gasteiger partial charge on any atom is 0.189 e. The Morgan fingerprint density at radius 2 is 2.21 bits per heavy atom. The topological polar surface area (TPSA) is 66.4 Å². The van der Waals surface area contributed by atoms with Crippen LogP contribution in [-0.4, -0.2) is 37.0 Å². The zero-order valence-corrected chi connectivity index (χ0v) is 7.57. The molecule has 0 heterocycles. The van der Waals surface area contributed by atoms with Crippen molar-refractivity contribution in [3.8, 4) is 0 Å².